The van der Waals surface area contributed by atoms with E-state index >= 15 is 0 Å². The van der Waals surface area contributed by atoms with Crippen LogP contribution in [0.2, 0.25) is 0 Å². The highest BCUT2D eigenvalue weighted by Crippen LogP contribution is 2.31. The van der Waals surface area contributed by atoms with E-state index in [0.29, 0.717) is 64.3 Å². The van der Waals surface area contributed by atoms with Crippen LogP contribution in [0.1, 0.15) is 58.8 Å². The van der Waals surface area contributed by atoms with E-state index in [0.717, 1.165) is 134 Å². The fourth-order valence-electron chi connectivity index (χ4n) is 10.6. The molecule has 74 heavy (non-hydrogen) atoms. The normalized spacial score (nSPS) is 17.7. The molecule has 0 saturated carbocycles. The standard InChI is InChI=1S/C53H70N18O3/c1-53(2,70-33-31-67(32-34-70)42-15-11-39(12-16-42)56-47-45-43(35-55-62-49(45)72)58-51(60-47)69-23-18-38(17-20-54)19-24-69)37-74-71-36-44-46(50(73)63-71)48(61-52(59-44)68-21-7-5-6-8-22-68)57-40-9-13-41(14-10-40)66-29-27-65(28-30-66)26-25-64(3)4/h9-16,35-36,38H,5-8,17-19,21-34,37H2,1-4H3,(H3-,56,57,58,59,60,61,62,63,72,73)/p+1. The lowest BCUT2D eigenvalue weighted by Crippen LogP contribution is -2.61. The van der Waals surface area contributed by atoms with Crippen LogP contribution in [0, 0.1) is 17.2 Å². The summed E-state index contributed by atoms with van der Waals surface area (Å²) in [5.74, 6) is 2.41. The fraction of sp³-hybridized carbons (Fsp3) is 0.528. The molecule has 6 aromatic rings. The van der Waals surface area contributed by atoms with Crippen molar-refractivity contribution in [3.05, 3.63) is 81.6 Å². The first kappa shape index (κ1) is 50.4. The number of rotatable bonds is 16. The maximum atomic E-state index is 14.0. The zero-order valence-electron chi connectivity index (χ0n) is 43.4. The second kappa shape index (κ2) is 22.5. The summed E-state index contributed by atoms with van der Waals surface area (Å²) in [5, 5.41) is 26.3. The third-order valence-electron chi connectivity index (χ3n) is 15.2. The van der Waals surface area contributed by atoms with Gasteiger partial charge in [0.05, 0.1) is 17.8 Å². The quantitative estimate of drug-likeness (QED) is 0.0993. The first-order valence-corrected chi connectivity index (χ1v) is 26.4. The zero-order chi connectivity index (χ0) is 51.2. The Morgan fingerprint density at radius 2 is 1.26 bits per heavy atom. The number of piperazine rings is 2. The molecule has 0 atom stereocenters. The maximum absolute atomic E-state index is 14.0. The number of nitrogens with zero attached hydrogens (tertiary/aromatic N) is 14. The van der Waals surface area contributed by atoms with Crippen molar-refractivity contribution in [1.82, 2.24) is 49.9 Å². The van der Waals surface area contributed by atoms with E-state index in [-0.39, 0.29) is 16.7 Å². The first-order chi connectivity index (χ1) is 36.0. The Morgan fingerprint density at radius 1 is 0.703 bits per heavy atom. The van der Waals surface area contributed by atoms with Gasteiger partial charge in [0.1, 0.15) is 32.8 Å². The van der Waals surface area contributed by atoms with Crippen molar-refractivity contribution in [1.29, 1.82) is 5.26 Å². The third kappa shape index (κ3) is 11.8. The summed E-state index contributed by atoms with van der Waals surface area (Å²) in [4.78, 5) is 70.8. The topological polar surface area (TPSA) is 214 Å². The summed E-state index contributed by atoms with van der Waals surface area (Å²) in [6.07, 6.45) is 10.2. The molecule has 10 rings (SSSR count). The second-order valence-corrected chi connectivity index (χ2v) is 21.1. The summed E-state index contributed by atoms with van der Waals surface area (Å²) in [6.45, 7) is 17.3. The van der Waals surface area contributed by atoms with E-state index in [4.69, 9.17) is 24.8 Å². The lowest BCUT2D eigenvalue weighted by Gasteiger charge is -2.43. The number of anilines is 8. The number of benzene rings is 2. The Bertz CT molecular complexity index is 3020. The summed E-state index contributed by atoms with van der Waals surface area (Å²) in [7, 11) is 4.25. The SMILES string of the molecule is CN(C)CCN1CCN(c2ccc(Nc3nc(N4CCCCCC4)nc4c[n+](OCC(C)(C)N5CCN(c6ccc(Nc7nc(N8CCC(CC#N)CC8)nc8cn[nH]c(=O)c78)cc6)CC5)[nH]c(=O)c34)cc2)CC1. The van der Waals surface area contributed by atoms with Gasteiger partial charge in [-0.2, -0.15) is 20.3 Å². The van der Waals surface area contributed by atoms with E-state index in [1.165, 1.54) is 23.4 Å². The minimum absolute atomic E-state index is 0.323. The number of hydrogen-bond acceptors (Lipinski definition) is 18. The molecule has 4 fully saturated rings. The molecule has 2 aromatic carbocycles. The van der Waals surface area contributed by atoms with Gasteiger partial charge in [-0.3, -0.25) is 19.4 Å². The number of piperidine rings is 1. The third-order valence-corrected chi connectivity index (χ3v) is 15.2. The molecule has 4 N–H and O–H groups in total. The molecule has 4 aromatic heterocycles. The van der Waals surface area contributed by atoms with Crippen molar-refractivity contribution in [2.45, 2.75) is 64.3 Å². The molecule has 4 aliphatic rings. The van der Waals surface area contributed by atoms with Gasteiger partial charge in [-0.15, -0.1) is 0 Å². The minimum atomic E-state index is -0.362. The molecule has 0 unspecified atom stereocenters. The van der Waals surface area contributed by atoms with Crippen molar-refractivity contribution < 1.29 is 9.68 Å². The van der Waals surface area contributed by atoms with Crippen LogP contribution in [0.3, 0.4) is 0 Å². The molecule has 0 radical (unpaired) electrons. The molecule has 0 bridgehead atoms. The fourth-order valence-corrected chi connectivity index (χ4v) is 10.6. The summed E-state index contributed by atoms with van der Waals surface area (Å²) >= 11 is 0. The van der Waals surface area contributed by atoms with E-state index < -0.39 is 0 Å². The van der Waals surface area contributed by atoms with Crippen LogP contribution >= 0.6 is 0 Å². The number of nitrogens with one attached hydrogen (secondary N) is 4. The van der Waals surface area contributed by atoms with Gasteiger partial charge >= 0.3 is 5.56 Å². The van der Waals surface area contributed by atoms with Crippen molar-refractivity contribution in [2.24, 2.45) is 5.92 Å². The highest BCUT2D eigenvalue weighted by atomic mass is 16.7. The Hall–Kier alpha value is -7.15. The Morgan fingerprint density at radius 3 is 1.84 bits per heavy atom. The predicted octanol–water partition coefficient (Wildman–Crippen LogP) is 4.34. The van der Waals surface area contributed by atoms with Gasteiger partial charge in [0.2, 0.25) is 11.9 Å². The molecule has 4 saturated heterocycles. The van der Waals surface area contributed by atoms with E-state index in [9.17, 15) is 14.9 Å². The number of aromatic nitrogens is 8. The van der Waals surface area contributed by atoms with Gasteiger partial charge in [0, 0.05) is 121 Å². The van der Waals surface area contributed by atoms with Crippen LogP contribution < -0.4 is 51.0 Å². The molecule has 21 heteroatoms. The van der Waals surface area contributed by atoms with E-state index in [2.05, 4.69) is 131 Å². The van der Waals surface area contributed by atoms with E-state index in [1.54, 1.807) is 12.4 Å². The van der Waals surface area contributed by atoms with Gasteiger partial charge in [-0.1, -0.05) is 17.9 Å². The van der Waals surface area contributed by atoms with Crippen LogP contribution in [-0.2, 0) is 0 Å². The number of hydrogen-bond donors (Lipinski definition) is 4. The highest BCUT2D eigenvalue weighted by Gasteiger charge is 2.33. The largest absolute Gasteiger partial charge is 0.369 e. The summed E-state index contributed by atoms with van der Waals surface area (Å²) in [6, 6.07) is 18.9. The molecule has 0 spiro atoms. The number of aromatic amines is 2. The van der Waals surface area contributed by atoms with Gasteiger partial charge in [0.25, 0.3) is 11.8 Å². The molecule has 8 heterocycles. The monoisotopic (exact) mass is 1010 g/mol. The van der Waals surface area contributed by atoms with Crippen molar-refractivity contribution in [3.8, 4) is 6.07 Å². The number of H-pyrrole nitrogens is 2. The molecular weight excluding hydrogens is 937 g/mol. The highest BCUT2D eigenvalue weighted by molar-refractivity contribution is 5.91. The Labute approximate surface area is 432 Å². The zero-order valence-corrected chi connectivity index (χ0v) is 43.4. The van der Waals surface area contributed by atoms with Gasteiger partial charge in [-0.05, 0) is 108 Å². The maximum Gasteiger partial charge on any atom is 0.315 e. The molecule has 4 aliphatic heterocycles. The van der Waals surface area contributed by atoms with Crippen LogP contribution in [0.15, 0.2) is 70.5 Å². The number of nitriles is 1. The lowest BCUT2D eigenvalue weighted by atomic mass is 9.94. The predicted molar refractivity (Wildman–Crippen MR) is 290 cm³/mol. The average Bonchev–Trinajstić information content (AvgIpc) is 3.71. The smallest absolute Gasteiger partial charge is 0.315 e. The molecule has 0 amide bonds. The summed E-state index contributed by atoms with van der Waals surface area (Å²) < 4.78 is 0. The van der Waals surface area contributed by atoms with E-state index in [1.807, 2.05) is 12.1 Å². The van der Waals surface area contributed by atoms with Crippen molar-refractivity contribution in [3.63, 3.8) is 0 Å². The first-order valence-electron chi connectivity index (χ1n) is 26.4. The molecule has 0 aliphatic carbocycles. The molecule has 21 nitrogen and oxygen atoms in total. The number of fused-ring (bicyclic) bond motifs is 2. The van der Waals surface area contributed by atoms with Crippen molar-refractivity contribution >= 4 is 68.1 Å². The van der Waals surface area contributed by atoms with Crippen LogP contribution in [0.5, 0.6) is 0 Å². The lowest BCUT2D eigenvalue weighted by molar-refractivity contribution is -0.936. The molecular formula is C53H71N18O3+. The van der Waals surface area contributed by atoms with Gasteiger partial charge in [0.15, 0.2) is 12.1 Å². The van der Waals surface area contributed by atoms with Crippen LogP contribution in [0.25, 0.3) is 21.8 Å². The summed E-state index contributed by atoms with van der Waals surface area (Å²) in [5.41, 5.74) is 3.83. The van der Waals surface area contributed by atoms with Gasteiger partial charge < -0.3 is 35.1 Å². The van der Waals surface area contributed by atoms with Crippen molar-refractivity contribution in [2.75, 3.05) is 143 Å². The number of likely N-dealkylation sites (N-methyl/N-ethyl adjacent to an activating group) is 1. The average molecular weight is 1010 g/mol. The molecule has 390 valence electrons. The second-order valence-electron chi connectivity index (χ2n) is 21.1. The van der Waals surface area contributed by atoms with Crippen LogP contribution in [0.4, 0.5) is 46.3 Å². The van der Waals surface area contributed by atoms with Gasteiger partial charge in [-0.25, -0.2) is 19.9 Å². The minimum Gasteiger partial charge on any atom is -0.369 e. The van der Waals surface area contributed by atoms with Crippen LogP contribution in [-0.4, -0.2) is 168 Å². The Balaban J connectivity index is 0.779. The Kier molecular flexibility index (Phi) is 15.3.